The van der Waals surface area contributed by atoms with Crippen LogP contribution < -0.4 is 10.1 Å². The number of aromatic amines is 1. The molecule has 1 amide bonds. The molecular formula is C22H26N4O2S. The molecule has 6 nitrogen and oxygen atoms in total. The summed E-state index contributed by atoms with van der Waals surface area (Å²) in [6.07, 6.45) is 1.02. The van der Waals surface area contributed by atoms with Gasteiger partial charge in [-0.25, -0.2) is 4.98 Å². The lowest BCUT2D eigenvalue weighted by molar-refractivity contribution is -0.115. The molecule has 0 aliphatic carbocycles. The van der Waals surface area contributed by atoms with E-state index >= 15 is 0 Å². The van der Waals surface area contributed by atoms with Gasteiger partial charge < -0.3 is 10.1 Å². The highest BCUT2D eigenvalue weighted by molar-refractivity contribution is 8.00. The van der Waals surface area contributed by atoms with Crippen LogP contribution in [-0.4, -0.2) is 33.4 Å². The van der Waals surface area contributed by atoms with Crippen molar-refractivity contribution in [3.05, 3.63) is 54.1 Å². The summed E-state index contributed by atoms with van der Waals surface area (Å²) in [5.41, 5.74) is 2.93. The maximum atomic E-state index is 12.7. The number of anilines is 1. The summed E-state index contributed by atoms with van der Waals surface area (Å²) >= 11 is 1.32. The second-order valence-electron chi connectivity index (χ2n) is 6.84. The summed E-state index contributed by atoms with van der Waals surface area (Å²) in [4.78, 5) is 17.2. The van der Waals surface area contributed by atoms with E-state index < -0.39 is 0 Å². The summed E-state index contributed by atoms with van der Waals surface area (Å²) in [7, 11) is 1.63. The minimum absolute atomic E-state index is 0.0680. The third-order valence-corrected chi connectivity index (χ3v) is 5.80. The maximum absolute atomic E-state index is 12.7. The average Bonchev–Trinajstić information content (AvgIpc) is 3.22. The van der Waals surface area contributed by atoms with Crippen molar-refractivity contribution in [1.82, 2.24) is 15.2 Å². The summed E-state index contributed by atoms with van der Waals surface area (Å²) < 4.78 is 5.17. The first-order chi connectivity index (χ1) is 14.0. The van der Waals surface area contributed by atoms with Crippen LogP contribution >= 0.6 is 11.8 Å². The number of amides is 1. The van der Waals surface area contributed by atoms with Gasteiger partial charge >= 0.3 is 0 Å². The zero-order valence-electron chi connectivity index (χ0n) is 17.1. The standard InChI is InChI=1S/C22H26N4O2S/c1-5-14(2)18-8-6-7-9-19(18)23-21(27)15(3)29-22-24-20(25-26-22)16-10-12-17(28-4)13-11-16/h6-15H,5H2,1-4H3,(H,23,27)(H,24,25,26)/t14-,15-/m0/s1. The fraction of sp³-hybridized carbons (Fsp3) is 0.318. The Bertz CT molecular complexity index is 955. The van der Waals surface area contributed by atoms with Crippen LogP contribution in [0.2, 0.25) is 0 Å². The number of ether oxygens (including phenoxy) is 1. The third kappa shape index (κ3) is 5.17. The number of nitrogens with one attached hydrogen (secondary N) is 2. The molecule has 29 heavy (non-hydrogen) atoms. The molecule has 2 N–H and O–H groups in total. The highest BCUT2D eigenvalue weighted by Crippen LogP contribution is 2.28. The van der Waals surface area contributed by atoms with E-state index in [1.54, 1.807) is 7.11 Å². The number of para-hydroxylation sites is 1. The topological polar surface area (TPSA) is 79.9 Å². The van der Waals surface area contributed by atoms with Crippen molar-refractivity contribution >= 4 is 23.4 Å². The molecule has 2 aromatic carbocycles. The number of aromatic nitrogens is 3. The van der Waals surface area contributed by atoms with E-state index in [1.165, 1.54) is 11.8 Å². The van der Waals surface area contributed by atoms with Crippen molar-refractivity contribution in [3.8, 4) is 17.1 Å². The number of rotatable bonds is 8. The Labute approximate surface area is 175 Å². The van der Waals surface area contributed by atoms with Crippen LogP contribution in [0.3, 0.4) is 0 Å². The highest BCUT2D eigenvalue weighted by Gasteiger charge is 2.19. The molecule has 0 aliphatic rings. The van der Waals surface area contributed by atoms with Crippen LogP contribution in [-0.2, 0) is 4.79 Å². The van der Waals surface area contributed by atoms with Crippen LogP contribution in [0.25, 0.3) is 11.4 Å². The molecule has 1 heterocycles. The predicted molar refractivity (Wildman–Crippen MR) is 117 cm³/mol. The first kappa shape index (κ1) is 20.9. The molecule has 0 spiro atoms. The van der Waals surface area contributed by atoms with Crippen LogP contribution in [0.15, 0.2) is 53.7 Å². The number of nitrogens with zero attached hydrogens (tertiary/aromatic N) is 2. The number of thioether (sulfide) groups is 1. The van der Waals surface area contributed by atoms with Crippen molar-refractivity contribution in [2.75, 3.05) is 12.4 Å². The molecule has 0 bridgehead atoms. The van der Waals surface area contributed by atoms with Gasteiger partial charge in [-0.15, -0.1) is 5.10 Å². The summed E-state index contributed by atoms with van der Waals surface area (Å²) in [5, 5.41) is 10.4. The second-order valence-corrected chi connectivity index (χ2v) is 8.15. The van der Waals surface area contributed by atoms with Gasteiger partial charge in [0.2, 0.25) is 11.1 Å². The Morgan fingerprint density at radius 3 is 2.59 bits per heavy atom. The molecule has 0 fully saturated rings. The molecule has 0 unspecified atom stereocenters. The Morgan fingerprint density at radius 2 is 1.90 bits per heavy atom. The number of carbonyl (C=O) groups excluding carboxylic acids is 1. The lowest BCUT2D eigenvalue weighted by atomic mass is 9.97. The minimum atomic E-state index is -0.334. The van der Waals surface area contributed by atoms with Crippen LogP contribution in [0.4, 0.5) is 5.69 Å². The molecular weight excluding hydrogens is 384 g/mol. The largest absolute Gasteiger partial charge is 0.497 e. The van der Waals surface area contributed by atoms with Gasteiger partial charge in [0, 0.05) is 11.3 Å². The fourth-order valence-corrected chi connectivity index (χ4v) is 3.61. The van der Waals surface area contributed by atoms with Crippen molar-refractivity contribution in [2.45, 2.75) is 43.5 Å². The van der Waals surface area contributed by atoms with Gasteiger partial charge in [0.15, 0.2) is 5.82 Å². The molecule has 0 aliphatic heterocycles. The van der Waals surface area contributed by atoms with Gasteiger partial charge in [0.1, 0.15) is 5.75 Å². The SMILES string of the molecule is CC[C@H](C)c1ccccc1NC(=O)[C@H](C)Sc1n[nH]c(-c2ccc(OC)cc2)n1. The van der Waals surface area contributed by atoms with E-state index in [0.29, 0.717) is 16.9 Å². The number of methoxy groups -OCH3 is 1. The molecule has 0 radical (unpaired) electrons. The molecule has 2 atom stereocenters. The number of benzene rings is 2. The number of hydrogen-bond acceptors (Lipinski definition) is 5. The zero-order chi connectivity index (χ0) is 20.8. The number of carbonyl (C=O) groups is 1. The van der Waals surface area contributed by atoms with Gasteiger partial charge in [-0.2, -0.15) is 0 Å². The Hall–Kier alpha value is -2.80. The lowest BCUT2D eigenvalue weighted by Gasteiger charge is -2.17. The molecule has 0 saturated heterocycles. The minimum Gasteiger partial charge on any atom is -0.497 e. The van der Waals surface area contributed by atoms with E-state index in [9.17, 15) is 4.79 Å². The second kappa shape index (κ2) is 9.60. The highest BCUT2D eigenvalue weighted by atomic mass is 32.2. The van der Waals surface area contributed by atoms with E-state index in [2.05, 4.69) is 40.4 Å². The summed E-state index contributed by atoms with van der Waals surface area (Å²) in [5.74, 6) is 1.76. The third-order valence-electron chi connectivity index (χ3n) is 4.84. The Morgan fingerprint density at radius 1 is 1.17 bits per heavy atom. The van der Waals surface area contributed by atoms with Gasteiger partial charge in [-0.05, 0) is 55.2 Å². The smallest absolute Gasteiger partial charge is 0.237 e. The Balaban J connectivity index is 1.65. The van der Waals surface area contributed by atoms with Gasteiger partial charge in [0.05, 0.1) is 12.4 Å². The summed E-state index contributed by atoms with van der Waals surface area (Å²) in [6, 6.07) is 15.5. The van der Waals surface area contributed by atoms with E-state index in [1.807, 2.05) is 49.4 Å². The summed E-state index contributed by atoms with van der Waals surface area (Å²) in [6.45, 7) is 6.16. The van der Waals surface area contributed by atoms with Crippen molar-refractivity contribution < 1.29 is 9.53 Å². The quantitative estimate of drug-likeness (QED) is 0.504. The molecule has 3 aromatic rings. The van der Waals surface area contributed by atoms with Crippen molar-refractivity contribution in [3.63, 3.8) is 0 Å². The Kier molecular flexibility index (Phi) is 6.93. The lowest BCUT2D eigenvalue weighted by Crippen LogP contribution is -2.23. The molecule has 1 aromatic heterocycles. The fourth-order valence-electron chi connectivity index (χ4n) is 2.88. The van der Waals surface area contributed by atoms with Crippen molar-refractivity contribution in [2.24, 2.45) is 0 Å². The molecule has 7 heteroatoms. The predicted octanol–water partition coefficient (Wildman–Crippen LogP) is 5.11. The van der Waals surface area contributed by atoms with Crippen LogP contribution in [0.5, 0.6) is 5.75 Å². The first-order valence-corrected chi connectivity index (χ1v) is 10.5. The van der Waals surface area contributed by atoms with E-state index in [0.717, 1.165) is 29.0 Å². The number of H-pyrrole nitrogens is 1. The van der Waals surface area contributed by atoms with Gasteiger partial charge in [-0.3, -0.25) is 9.89 Å². The van der Waals surface area contributed by atoms with Gasteiger partial charge in [-0.1, -0.05) is 43.8 Å². The maximum Gasteiger partial charge on any atom is 0.237 e. The van der Waals surface area contributed by atoms with Crippen LogP contribution in [0, 0.1) is 0 Å². The van der Waals surface area contributed by atoms with E-state index in [-0.39, 0.29) is 11.2 Å². The van der Waals surface area contributed by atoms with E-state index in [4.69, 9.17) is 4.74 Å². The molecule has 0 saturated carbocycles. The van der Waals surface area contributed by atoms with Crippen LogP contribution in [0.1, 0.15) is 38.7 Å². The van der Waals surface area contributed by atoms with Gasteiger partial charge in [0.25, 0.3) is 0 Å². The molecule has 3 rings (SSSR count). The molecule has 152 valence electrons. The van der Waals surface area contributed by atoms with Crippen molar-refractivity contribution in [1.29, 1.82) is 0 Å². The first-order valence-electron chi connectivity index (χ1n) is 9.65. The number of hydrogen-bond donors (Lipinski definition) is 2. The average molecular weight is 411 g/mol. The zero-order valence-corrected chi connectivity index (χ0v) is 17.9. The normalized spacial score (nSPS) is 13.0. The monoisotopic (exact) mass is 410 g/mol.